The van der Waals surface area contributed by atoms with E-state index in [9.17, 15) is 14.9 Å². The summed E-state index contributed by atoms with van der Waals surface area (Å²) in [5.41, 5.74) is 2.81. The van der Waals surface area contributed by atoms with Crippen LogP contribution in [0.25, 0.3) is 6.08 Å². The number of likely N-dealkylation sites (N-methyl/N-ethyl adjacent to an activating group) is 1. The average Bonchev–Trinajstić information content (AvgIpc) is 3.11. The lowest BCUT2D eigenvalue weighted by Gasteiger charge is -2.08. The van der Waals surface area contributed by atoms with Gasteiger partial charge in [-0.15, -0.1) is 0 Å². The maximum absolute atomic E-state index is 12.7. The first kappa shape index (κ1) is 22.8. The molecule has 3 aromatic carbocycles. The Morgan fingerprint density at radius 2 is 1.91 bits per heavy atom. The fourth-order valence-electron chi connectivity index (χ4n) is 3.20. The smallest absolute Gasteiger partial charge is 0.335 e. The molecular formula is C26H19N3O4S. The number of nitrogens with zero attached hydrogens (tertiary/aromatic N) is 3. The summed E-state index contributed by atoms with van der Waals surface area (Å²) in [5.74, 6) is -0.572. The quantitative estimate of drug-likeness (QED) is 0.506. The van der Waals surface area contributed by atoms with Crippen LogP contribution in [0.15, 0.2) is 82.7 Å². The highest BCUT2D eigenvalue weighted by Gasteiger charge is 2.30. The van der Waals surface area contributed by atoms with E-state index in [1.54, 1.807) is 31.3 Å². The number of aliphatic imine (C=N–C) groups is 1. The number of aromatic carboxylic acids is 1. The van der Waals surface area contributed by atoms with Crippen molar-refractivity contribution < 1.29 is 19.4 Å². The summed E-state index contributed by atoms with van der Waals surface area (Å²) in [6, 6.07) is 23.0. The van der Waals surface area contributed by atoms with E-state index in [1.165, 1.54) is 28.8 Å². The number of thioether (sulfide) groups is 1. The molecule has 0 aromatic heterocycles. The summed E-state index contributed by atoms with van der Waals surface area (Å²) in [6.07, 6.45) is 1.77. The highest BCUT2D eigenvalue weighted by molar-refractivity contribution is 8.18. The largest absolute Gasteiger partial charge is 0.489 e. The first-order chi connectivity index (χ1) is 16.4. The number of carbonyl (C=O) groups is 2. The Kier molecular flexibility index (Phi) is 6.76. The van der Waals surface area contributed by atoms with Crippen LogP contribution in [0, 0.1) is 11.3 Å². The van der Waals surface area contributed by atoms with E-state index in [-0.39, 0.29) is 18.1 Å². The lowest BCUT2D eigenvalue weighted by molar-refractivity contribution is -0.121. The van der Waals surface area contributed by atoms with E-state index in [4.69, 9.17) is 9.84 Å². The van der Waals surface area contributed by atoms with E-state index in [0.717, 1.165) is 11.1 Å². The van der Waals surface area contributed by atoms with Crippen LogP contribution in [0.2, 0.25) is 0 Å². The van der Waals surface area contributed by atoms with Gasteiger partial charge in [-0.1, -0.05) is 36.4 Å². The molecule has 0 atom stereocenters. The number of carboxylic acid groups (broad SMARTS) is 1. The molecule has 4 rings (SSSR count). The summed E-state index contributed by atoms with van der Waals surface area (Å²) >= 11 is 1.22. The molecule has 1 aliphatic rings. The molecule has 34 heavy (non-hydrogen) atoms. The highest BCUT2D eigenvalue weighted by Crippen LogP contribution is 2.33. The van der Waals surface area contributed by atoms with Gasteiger partial charge < -0.3 is 9.84 Å². The van der Waals surface area contributed by atoms with Crippen molar-refractivity contribution in [1.29, 1.82) is 5.26 Å². The minimum absolute atomic E-state index is 0.132. The number of nitriles is 1. The molecule has 0 aliphatic carbocycles. The number of carbonyl (C=O) groups excluding carboxylic acids is 1. The van der Waals surface area contributed by atoms with Crippen LogP contribution in [-0.4, -0.2) is 34.1 Å². The van der Waals surface area contributed by atoms with Gasteiger partial charge in [0.15, 0.2) is 5.17 Å². The molecule has 1 aliphatic heterocycles. The molecule has 3 aromatic rings. The molecule has 7 nitrogen and oxygen atoms in total. The van der Waals surface area contributed by atoms with Gasteiger partial charge >= 0.3 is 5.97 Å². The maximum Gasteiger partial charge on any atom is 0.335 e. The lowest BCUT2D eigenvalue weighted by atomic mass is 10.1. The third-order valence-electron chi connectivity index (χ3n) is 5.03. The molecule has 1 fully saturated rings. The Balaban J connectivity index is 1.46. The zero-order valence-electron chi connectivity index (χ0n) is 18.1. The first-order valence-electron chi connectivity index (χ1n) is 10.2. The van der Waals surface area contributed by atoms with Crippen LogP contribution in [0.4, 0.5) is 5.69 Å². The molecule has 1 saturated heterocycles. The zero-order valence-corrected chi connectivity index (χ0v) is 19.0. The van der Waals surface area contributed by atoms with Crippen molar-refractivity contribution in [2.45, 2.75) is 6.61 Å². The van der Waals surface area contributed by atoms with E-state index < -0.39 is 5.97 Å². The van der Waals surface area contributed by atoms with Gasteiger partial charge in [-0.25, -0.2) is 9.79 Å². The molecular weight excluding hydrogens is 450 g/mol. The number of amides is 1. The monoisotopic (exact) mass is 469 g/mol. The van der Waals surface area contributed by atoms with Crippen LogP contribution in [-0.2, 0) is 11.4 Å². The molecule has 0 unspecified atom stereocenters. The molecule has 8 heteroatoms. The van der Waals surface area contributed by atoms with Crippen LogP contribution in [0.1, 0.15) is 27.0 Å². The van der Waals surface area contributed by atoms with Crippen molar-refractivity contribution in [3.8, 4) is 11.8 Å². The molecule has 0 saturated carbocycles. The van der Waals surface area contributed by atoms with Gasteiger partial charge in [0.1, 0.15) is 12.4 Å². The van der Waals surface area contributed by atoms with Crippen molar-refractivity contribution >= 4 is 40.6 Å². The minimum atomic E-state index is -1.03. The Hall–Kier alpha value is -4.35. The number of hydrogen-bond donors (Lipinski definition) is 1. The van der Waals surface area contributed by atoms with Crippen molar-refractivity contribution in [2.24, 2.45) is 4.99 Å². The van der Waals surface area contributed by atoms with Gasteiger partial charge in [0, 0.05) is 12.6 Å². The predicted molar refractivity (Wildman–Crippen MR) is 131 cm³/mol. The van der Waals surface area contributed by atoms with Crippen LogP contribution >= 0.6 is 11.8 Å². The molecule has 168 valence electrons. The average molecular weight is 470 g/mol. The summed E-state index contributed by atoms with van der Waals surface area (Å²) in [5, 5.41) is 18.8. The van der Waals surface area contributed by atoms with Gasteiger partial charge in [0.2, 0.25) is 0 Å². The normalized spacial score (nSPS) is 15.5. The van der Waals surface area contributed by atoms with Crippen molar-refractivity contribution in [3.05, 3.63) is 100.0 Å². The minimum Gasteiger partial charge on any atom is -0.489 e. The molecule has 0 radical (unpaired) electrons. The number of amidine groups is 1. The van der Waals surface area contributed by atoms with Crippen molar-refractivity contribution in [1.82, 2.24) is 4.90 Å². The zero-order chi connectivity index (χ0) is 24.1. The number of hydrogen-bond acceptors (Lipinski definition) is 6. The van der Waals surface area contributed by atoms with E-state index in [2.05, 4.69) is 11.1 Å². The Labute approximate surface area is 200 Å². The number of benzene rings is 3. The number of rotatable bonds is 6. The van der Waals surface area contributed by atoms with Crippen molar-refractivity contribution in [2.75, 3.05) is 7.05 Å². The molecule has 1 N–H and O–H groups in total. The third kappa shape index (κ3) is 5.17. The molecule has 1 heterocycles. The fourth-order valence-corrected chi connectivity index (χ4v) is 4.19. The Morgan fingerprint density at radius 3 is 2.65 bits per heavy atom. The van der Waals surface area contributed by atoms with Gasteiger partial charge in [-0.2, -0.15) is 5.26 Å². The molecule has 1 amide bonds. The van der Waals surface area contributed by atoms with Crippen LogP contribution < -0.4 is 4.74 Å². The summed E-state index contributed by atoms with van der Waals surface area (Å²) < 4.78 is 5.79. The van der Waals surface area contributed by atoms with E-state index in [1.807, 2.05) is 42.5 Å². The second kappa shape index (κ2) is 10.1. The SMILES string of the molecule is CN1C(=O)/C(=C\c2ccc(OCc3ccccc3C#N)cc2)SC1=Nc1cccc(C(=O)O)c1. The summed E-state index contributed by atoms with van der Waals surface area (Å²) in [4.78, 5) is 30.3. The van der Waals surface area contributed by atoms with Gasteiger partial charge in [0.25, 0.3) is 5.91 Å². The van der Waals surface area contributed by atoms with Crippen LogP contribution in [0.3, 0.4) is 0 Å². The number of carboxylic acids is 1. The van der Waals surface area contributed by atoms with E-state index >= 15 is 0 Å². The summed E-state index contributed by atoms with van der Waals surface area (Å²) in [7, 11) is 1.63. The fraction of sp³-hybridized carbons (Fsp3) is 0.0769. The topological polar surface area (TPSA) is 103 Å². The Bertz CT molecular complexity index is 1360. The van der Waals surface area contributed by atoms with Crippen LogP contribution in [0.5, 0.6) is 5.75 Å². The van der Waals surface area contributed by atoms with Crippen molar-refractivity contribution in [3.63, 3.8) is 0 Å². The first-order valence-corrected chi connectivity index (χ1v) is 11.1. The van der Waals surface area contributed by atoms with Gasteiger partial charge in [-0.05, 0) is 59.8 Å². The molecule has 0 spiro atoms. The maximum atomic E-state index is 12.7. The van der Waals surface area contributed by atoms with Gasteiger partial charge in [-0.3, -0.25) is 9.69 Å². The molecule has 0 bridgehead atoms. The standard InChI is InChI=1S/C26H19N3O4S/c1-29-24(30)23(34-26(29)28-21-8-4-7-18(14-21)25(31)32)13-17-9-11-22(12-10-17)33-16-20-6-3-2-5-19(20)15-27/h2-14H,16H2,1H3,(H,31,32)/b23-13+,28-26?. The lowest BCUT2D eigenvalue weighted by Crippen LogP contribution is -2.23. The van der Waals surface area contributed by atoms with E-state index in [0.29, 0.717) is 27.1 Å². The third-order valence-corrected chi connectivity index (χ3v) is 6.09. The Morgan fingerprint density at radius 1 is 1.15 bits per heavy atom. The number of ether oxygens (including phenoxy) is 1. The highest BCUT2D eigenvalue weighted by atomic mass is 32.2. The second-order valence-corrected chi connectivity index (χ2v) is 8.36. The van der Waals surface area contributed by atoms with Gasteiger partial charge in [0.05, 0.1) is 27.8 Å². The summed E-state index contributed by atoms with van der Waals surface area (Å²) in [6.45, 7) is 0.284. The predicted octanol–water partition coefficient (Wildman–Crippen LogP) is 5.07. The second-order valence-electron chi connectivity index (χ2n) is 7.35.